The molecule has 2 N–H and O–H groups in total. The normalized spacial score (nSPS) is 16.0. The molecule has 1 atom stereocenters. The fraction of sp³-hybridized carbons (Fsp3) is 0.478. The summed E-state index contributed by atoms with van der Waals surface area (Å²) >= 11 is 0. The molecule has 2 aromatic heterocycles. The molecule has 7 nitrogen and oxygen atoms in total. The number of nitrogens with zero attached hydrogens (tertiary/aromatic N) is 3. The molecule has 7 heteroatoms. The minimum absolute atomic E-state index is 0.219. The van der Waals surface area contributed by atoms with Gasteiger partial charge in [-0.2, -0.15) is 9.61 Å². The number of aliphatic hydroxyl groups excluding tert-OH is 1. The average Bonchev–Trinajstić information content (AvgIpc) is 3.17. The molecule has 0 unspecified atom stereocenters. The number of benzene rings is 1. The molecule has 30 heavy (non-hydrogen) atoms. The Labute approximate surface area is 177 Å². The van der Waals surface area contributed by atoms with Crippen LogP contribution >= 0.6 is 0 Å². The Balaban J connectivity index is 1.47. The molecule has 1 fully saturated rings. The van der Waals surface area contributed by atoms with Gasteiger partial charge in [-0.05, 0) is 45.2 Å². The third-order valence-corrected chi connectivity index (χ3v) is 5.77. The molecule has 0 saturated carbocycles. The molecule has 1 aromatic carbocycles. The van der Waals surface area contributed by atoms with Gasteiger partial charge in [-0.25, -0.2) is 4.98 Å². The van der Waals surface area contributed by atoms with Crippen LogP contribution in [0, 0.1) is 20.8 Å². The van der Waals surface area contributed by atoms with E-state index in [4.69, 9.17) is 19.6 Å². The fourth-order valence-electron chi connectivity index (χ4n) is 3.80. The van der Waals surface area contributed by atoms with Crippen molar-refractivity contribution in [3.05, 3.63) is 52.8 Å². The first-order chi connectivity index (χ1) is 14.5. The number of para-hydroxylation sites is 1. The van der Waals surface area contributed by atoms with Gasteiger partial charge in [0.25, 0.3) is 0 Å². The summed E-state index contributed by atoms with van der Waals surface area (Å²) in [6.45, 7) is 8.15. The zero-order valence-corrected chi connectivity index (χ0v) is 17.9. The molecule has 0 aliphatic carbocycles. The highest BCUT2D eigenvalue weighted by Gasteiger charge is 2.21. The van der Waals surface area contributed by atoms with Crippen LogP contribution in [0.15, 0.2) is 30.3 Å². The van der Waals surface area contributed by atoms with Crippen LogP contribution in [0.2, 0.25) is 0 Å². The van der Waals surface area contributed by atoms with Gasteiger partial charge in [-0.15, -0.1) is 0 Å². The number of aryl methyl sites for hydroxylation is 2. The topological polar surface area (TPSA) is 80.9 Å². The molecule has 3 aromatic rings. The molecule has 1 saturated heterocycles. The lowest BCUT2D eigenvalue weighted by Gasteiger charge is -2.20. The maximum atomic E-state index is 10.5. The van der Waals surface area contributed by atoms with E-state index in [9.17, 15) is 5.11 Å². The lowest BCUT2D eigenvalue weighted by atomic mass is 9.97. The van der Waals surface area contributed by atoms with Gasteiger partial charge < -0.3 is 19.9 Å². The lowest BCUT2D eigenvalue weighted by Crippen LogP contribution is -2.27. The molecule has 3 heterocycles. The van der Waals surface area contributed by atoms with Crippen LogP contribution in [-0.4, -0.2) is 52.2 Å². The SMILES string of the molecule is Cc1ccccc1OC[C@H](O)CNc1c(C)c(C)nc2cc(C3CCOCC3)nn12. The van der Waals surface area contributed by atoms with Crippen LogP contribution in [0.1, 0.15) is 41.3 Å². The van der Waals surface area contributed by atoms with Crippen molar-refractivity contribution in [3.63, 3.8) is 0 Å². The first-order valence-corrected chi connectivity index (χ1v) is 10.6. The van der Waals surface area contributed by atoms with Crippen molar-refractivity contribution in [2.75, 3.05) is 31.7 Å². The summed E-state index contributed by atoms with van der Waals surface area (Å²) in [5, 5.41) is 18.7. The Morgan fingerprint density at radius 3 is 2.77 bits per heavy atom. The minimum Gasteiger partial charge on any atom is -0.491 e. The Hall–Kier alpha value is -2.64. The number of fused-ring (bicyclic) bond motifs is 1. The molecule has 160 valence electrons. The largest absolute Gasteiger partial charge is 0.491 e. The van der Waals surface area contributed by atoms with Gasteiger partial charge >= 0.3 is 0 Å². The fourth-order valence-corrected chi connectivity index (χ4v) is 3.80. The number of aromatic nitrogens is 3. The van der Waals surface area contributed by atoms with E-state index >= 15 is 0 Å². The number of rotatable bonds is 7. The van der Waals surface area contributed by atoms with Crippen LogP contribution in [0.4, 0.5) is 5.82 Å². The van der Waals surface area contributed by atoms with Gasteiger partial charge in [0.2, 0.25) is 0 Å². The number of anilines is 1. The van der Waals surface area contributed by atoms with Gasteiger partial charge in [0.1, 0.15) is 24.3 Å². The second-order valence-corrected chi connectivity index (χ2v) is 8.01. The molecule has 0 radical (unpaired) electrons. The van der Waals surface area contributed by atoms with Crippen molar-refractivity contribution in [3.8, 4) is 5.75 Å². The molecular weight excluding hydrogens is 380 g/mol. The minimum atomic E-state index is -0.655. The van der Waals surface area contributed by atoms with Crippen LogP contribution in [-0.2, 0) is 4.74 Å². The summed E-state index contributed by atoms with van der Waals surface area (Å²) in [6.07, 6.45) is 1.32. The zero-order valence-electron chi connectivity index (χ0n) is 17.9. The van der Waals surface area contributed by atoms with Gasteiger partial charge in [0.15, 0.2) is 5.65 Å². The second kappa shape index (κ2) is 9.02. The predicted octanol–water partition coefficient (Wildman–Crippen LogP) is 3.40. The zero-order chi connectivity index (χ0) is 21.1. The van der Waals surface area contributed by atoms with Gasteiger partial charge in [0.05, 0.1) is 5.69 Å². The van der Waals surface area contributed by atoms with Crippen molar-refractivity contribution in [1.29, 1.82) is 0 Å². The number of ether oxygens (including phenoxy) is 2. The number of hydrogen-bond donors (Lipinski definition) is 2. The van der Waals surface area contributed by atoms with Crippen LogP contribution in [0.3, 0.4) is 0 Å². The quantitative estimate of drug-likeness (QED) is 0.621. The summed E-state index contributed by atoms with van der Waals surface area (Å²) in [7, 11) is 0. The Kier molecular flexibility index (Phi) is 6.20. The van der Waals surface area contributed by atoms with E-state index in [2.05, 4.69) is 11.4 Å². The lowest BCUT2D eigenvalue weighted by molar-refractivity contribution is 0.0844. The summed E-state index contributed by atoms with van der Waals surface area (Å²) in [4.78, 5) is 4.71. The van der Waals surface area contributed by atoms with Crippen molar-refractivity contribution in [2.24, 2.45) is 0 Å². The molecule has 0 amide bonds. The molecule has 0 bridgehead atoms. The molecule has 1 aliphatic heterocycles. The van der Waals surface area contributed by atoms with Crippen molar-refractivity contribution < 1.29 is 14.6 Å². The number of hydrogen-bond acceptors (Lipinski definition) is 6. The van der Waals surface area contributed by atoms with Crippen molar-refractivity contribution in [2.45, 2.75) is 45.6 Å². The van der Waals surface area contributed by atoms with E-state index in [0.717, 1.165) is 65.8 Å². The maximum absolute atomic E-state index is 10.5. The summed E-state index contributed by atoms with van der Waals surface area (Å²) in [5.41, 5.74) is 4.91. The monoisotopic (exact) mass is 410 g/mol. The molecule has 0 spiro atoms. The summed E-state index contributed by atoms with van der Waals surface area (Å²) < 4.78 is 13.1. The van der Waals surface area contributed by atoms with Gasteiger partial charge in [0, 0.05) is 43.0 Å². The predicted molar refractivity (Wildman–Crippen MR) is 116 cm³/mol. The highest BCUT2D eigenvalue weighted by Crippen LogP contribution is 2.28. The van der Waals surface area contributed by atoms with Gasteiger partial charge in [-0.3, -0.25) is 0 Å². The summed E-state index contributed by atoms with van der Waals surface area (Å²) in [5.74, 6) is 2.07. The van der Waals surface area contributed by atoms with Crippen LogP contribution in [0.5, 0.6) is 5.75 Å². The standard InChI is InChI=1S/C23H30N4O3/c1-15-6-4-5-7-21(15)30-14-19(28)13-24-23-16(2)17(3)25-22-12-20(26-27(22)23)18-8-10-29-11-9-18/h4-7,12,18-19,24,28H,8-11,13-14H2,1-3H3/t19-/m1/s1. The smallest absolute Gasteiger partial charge is 0.157 e. The Bertz CT molecular complexity index is 1010. The third kappa shape index (κ3) is 4.42. The van der Waals surface area contributed by atoms with E-state index in [1.54, 1.807) is 0 Å². The maximum Gasteiger partial charge on any atom is 0.157 e. The first-order valence-electron chi connectivity index (χ1n) is 10.6. The first kappa shape index (κ1) is 20.6. The Morgan fingerprint density at radius 2 is 2.00 bits per heavy atom. The number of aliphatic hydroxyl groups is 1. The van der Waals surface area contributed by atoms with Gasteiger partial charge in [-0.1, -0.05) is 18.2 Å². The second-order valence-electron chi connectivity index (χ2n) is 8.01. The molecular formula is C23H30N4O3. The molecule has 1 aliphatic rings. The highest BCUT2D eigenvalue weighted by atomic mass is 16.5. The highest BCUT2D eigenvalue weighted by molar-refractivity contribution is 5.56. The molecule has 4 rings (SSSR count). The van der Waals surface area contributed by atoms with Crippen LogP contribution < -0.4 is 10.1 Å². The van der Waals surface area contributed by atoms with Crippen LogP contribution in [0.25, 0.3) is 5.65 Å². The Morgan fingerprint density at radius 1 is 1.23 bits per heavy atom. The van der Waals surface area contributed by atoms with Crippen molar-refractivity contribution in [1.82, 2.24) is 14.6 Å². The van der Waals surface area contributed by atoms with E-state index in [-0.39, 0.29) is 6.61 Å². The van der Waals surface area contributed by atoms with Crippen molar-refractivity contribution >= 4 is 11.5 Å². The van der Waals surface area contributed by atoms with E-state index < -0.39 is 6.10 Å². The van der Waals surface area contributed by atoms with E-state index in [1.165, 1.54) is 0 Å². The summed E-state index contributed by atoms with van der Waals surface area (Å²) in [6, 6.07) is 9.88. The average molecular weight is 411 g/mol. The van der Waals surface area contributed by atoms with E-state index in [0.29, 0.717) is 12.5 Å². The third-order valence-electron chi connectivity index (χ3n) is 5.77. The number of nitrogens with one attached hydrogen (secondary N) is 1. The van der Waals surface area contributed by atoms with E-state index in [1.807, 2.05) is 49.6 Å².